The van der Waals surface area contributed by atoms with Gasteiger partial charge in [-0.3, -0.25) is 0 Å². The van der Waals surface area contributed by atoms with Crippen molar-refractivity contribution in [3.05, 3.63) is 53.6 Å². The van der Waals surface area contributed by atoms with Crippen LogP contribution < -0.4 is 10.1 Å². The summed E-state index contributed by atoms with van der Waals surface area (Å²) in [6, 6.07) is 15.4. The lowest BCUT2D eigenvalue weighted by Gasteiger charge is -2.12. The Bertz CT molecular complexity index is 575. The van der Waals surface area contributed by atoms with Crippen LogP contribution in [0.4, 0.5) is 0 Å². The highest BCUT2D eigenvalue weighted by Crippen LogP contribution is 2.27. The van der Waals surface area contributed by atoms with E-state index in [0.717, 1.165) is 12.3 Å². The van der Waals surface area contributed by atoms with Gasteiger partial charge in [-0.15, -0.1) is 0 Å². The molecule has 0 atom stereocenters. The molecule has 0 saturated heterocycles. The number of hydrogen-bond acceptors (Lipinski definition) is 2. The molecule has 0 saturated carbocycles. The highest BCUT2D eigenvalue weighted by molar-refractivity contribution is 5.69. The summed E-state index contributed by atoms with van der Waals surface area (Å²) in [7, 11) is 1.70. The van der Waals surface area contributed by atoms with Gasteiger partial charge in [-0.05, 0) is 47.4 Å². The molecule has 0 bridgehead atoms. The van der Waals surface area contributed by atoms with Crippen LogP contribution in [0.15, 0.2) is 42.5 Å². The number of ether oxygens (including phenoxy) is 1. The highest BCUT2D eigenvalue weighted by Gasteiger charge is 2.05. The van der Waals surface area contributed by atoms with E-state index in [0.29, 0.717) is 6.04 Å². The summed E-state index contributed by atoms with van der Waals surface area (Å²) in [4.78, 5) is 0. The molecule has 2 aromatic rings. The summed E-state index contributed by atoms with van der Waals surface area (Å²) >= 11 is 0. The fourth-order valence-corrected chi connectivity index (χ4v) is 2.20. The van der Waals surface area contributed by atoms with Gasteiger partial charge in [0.1, 0.15) is 5.75 Å². The smallest absolute Gasteiger partial charge is 0.119 e. The molecule has 0 amide bonds. The summed E-state index contributed by atoms with van der Waals surface area (Å²) in [6.45, 7) is 7.37. The van der Waals surface area contributed by atoms with Crippen LogP contribution in [0.5, 0.6) is 5.75 Å². The molecule has 2 nitrogen and oxygen atoms in total. The molecule has 0 unspecified atom stereocenters. The summed E-state index contributed by atoms with van der Waals surface area (Å²) in [5.41, 5.74) is 5.06. The van der Waals surface area contributed by atoms with E-state index in [-0.39, 0.29) is 0 Å². The zero-order chi connectivity index (χ0) is 14.5. The van der Waals surface area contributed by atoms with Gasteiger partial charge < -0.3 is 10.1 Å². The second kappa shape index (κ2) is 6.58. The van der Waals surface area contributed by atoms with Crippen LogP contribution >= 0.6 is 0 Å². The van der Waals surface area contributed by atoms with E-state index in [1.54, 1.807) is 7.11 Å². The van der Waals surface area contributed by atoms with E-state index < -0.39 is 0 Å². The number of rotatable bonds is 5. The van der Waals surface area contributed by atoms with Gasteiger partial charge in [0, 0.05) is 12.6 Å². The topological polar surface area (TPSA) is 21.3 Å². The molecule has 0 aliphatic carbocycles. The van der Waals surface area contributed by atoms with Crippen molar-refractivity contribution < 1.29 is 4.74 Å². The lowest BCUT2D eigenvalue weighted by Crippen LogP contribution is -2.21. The van der Waals surface area contributed by atoms with Crippen LogP contribution in [-0.4, -0.2) is 13.2 Å². The molecular weight excluding hydrogens is 246 g/mol. The first-order valence-corrected chi connectivity index (χ1v) is 7.07. The van der Waals surface area contributed by atoms with Crippen LogP contribution in [0.25, 0.3) is 11.1 Å². The Labute approximate surface area is 121 Å². The molecule has 106 valence electrons. The number of benzene rings is 2. The van der Waals surface area contributed by atoms with Crippen molar-refractivity contribution in [2.75, 3.05) is 7.11 Å². The Morgan fingerprint density at radius 1 is 1.10 bits per heavy atom. The molecule has 0 heterocycles. The first-order chi connectivity index (χ1) is 9.60. The van der Waals surface area contributed by atoms with E-state index in [1.165, 1.54) is 22.3 Å². The maximum absolute atomic E-state index is 5.31. The van der Waals surface area contributed by atoms with E-state index >= 15 is 0 Å². The minimum Gasteiger partial charge on any atom is -0.497 e. The van der Waals surface area contributed by atoms with Crippen molar-refractivity contribution in [3.63, 3.8) is 0 Å². The Morgan fingerprint density at radius 3 is 2.60 bits per heavy atom. The minimum atomic E-state index is 0.497. The molecule has 0 aromatic heterocycles. The summed E-state index contributed by atoms with van der Waals surface area (Å²) in [5, 5.41) is 3.46. The van der Waals surface area contributed by atoms with Gasteiger partial charge in [-0.2, -0.15) is 0 Å². The number of methoxy groups -OCH3 is 1. The van der Waals surface area contributed by atoms with Gasteiger partial charge in [0.2, 0.25) is 0 Å². The second-order valence-electron chi connectivity index (χ2n) is 5.42. The first-order valence-electron chi connectivity index (χ1n) is 7.07. The van der Waals surface area contributed by atoms with Crippen LogP contribution in [0.3, 0.4) is 0 Å². The van der Waals surface area contributed by atoms with Crippen LogP contribution in [-0.2, 0) is 6.54 Å². The molecule has 0 aliphatic heterocycles. The second-order valence-corrected chi connectivity index (χ2v) is 5.42. The van der Waals surface area contributed by atoms with Crippen molar-refractivity contribution in [1.82, 2.24) is 5.32 Å². The Kier molecular flexibility index (Phi) is 4.80. The molecule has 2 heteroatoms. The lowest BCUT2D eigenvalue weighted by molar-refractivity contribution is 0.415. The molecule has 2 rings (SSSR count). The van der Waals surface area contributed by atoms with E-state index in [2.05, 4.69) is 56.4 Å². The van der Waals surface area contributed by atoms with Crippen molar-refractivity contribution in [2.24, 2.45) is 0 Å². The summed E-state index contributed by atoms with van der Waals surface area (Å²) in [5.74, 6) is 0.896. The summed E-state index contributed by atoms with van der Waals surface area (Å²) in [6.07, 6.45) is 0. The van der Waals surface area contributed by atoms with E-state index in [1.807, 2.05) is 12.1 Å². The molecule has 1 N–H and O–H groups in total. The average Bonchev–Trinajstić information content (AvgIpc) is 2.46. The number of hydrogen-bond donors (Lipinski definition) is 1. The third-order valence-electron chi connectivity index (χ3n) is 3.40. The van der Waals surface area contributed by atoms with Crippen LogP contribution in [0, 0.1) is 6.92 Å². The fraction of sp³-hybridized carbons (Fsp3) is 0.333. The summed E-state index contributed by atoms with van der Waals surface area (Å²) < 4.78 is 5.31. The lowest BCUT2D eigenvalue weighted by atomic mass is 9.98. The average molecular weight is 269 g/mol. The normalized spacial score (nSPS) is 10.8. The third kappa shape index (κ3) is 3.61. The van der Waals surface area contributed by atoms with Crippen molar-refractivity contribution in [3.8, 4) is 16.9 Å². The van der Waals surface area contributed by atoms with Gasteiger partial charge in [-0.1, -0.05) is 38.1 Å². The predicted molar refractivity (Wildman–Crippen MR) is 85.1 cm³/mol. The standard InChI is InChI=1S/C18H23NO/c1-13(2)19-12-15-9-8-14(3)18(10-15)16-6-5-7-17(11-16)20-4/h5-11,13,19H,12H2,1-4H3. The van der Waals surface area contributed by atoms with Gasteiger partial charge >= 0.3 is 0 Å². The van der Waals surface area contributed by atoms with Crippen molar-refractivity contribution in [2.45, 2.75) is 33.4 Å². The Morgan fingerprint density at radius 2 is 1.90 bits per heavy atom. The van der Waals surface area contributed by atoms with Gasteiger partial charge in [0.05, 0.1) is 7.11 Å². The quantitative estimate of drug-likeness (QED) is 0.879. The maximum Gasteiger partial charge on any atom is 0.119 e. The van der Waals surface area contributed by atoms with E-state index in [4.69, 9.17) is 4.74 Å². The molecular formula is C18H23NO. The fourth-order valence-electron chi connectivity index (χ4n) is 2.20. The molecule has 2 aromatic carbocycles. The minimum absolute atomic E-state index is 0.497. The molecule has 0 fully saturated rings. The van der Waals surface area contributed by atoms with Crippen LogP contribution in [0.1, 0.15) is 25.0 Å². The number of nitrogens with one attached hydrogen (secondary N) is 1. The largest absolute Gasteiger partial charge is 0.497 e. The van der Waals surface area contributed by atoms with Gasteiger partial charge in [0.25, 0.3) is 0 Å². The van der Waals surface area contributed by atoms with E-state index in [9.17, 15) is 0 Å². The SMILES string of the molecule is COc1cccc(-c2cc(CNC(C)C)ccc2C)c1. The highest BCUT2D eigenvalue weighted by atomic mass is 16.5. The first kappa shape index (κ1) is 14.6. The van der Waals surface area contributed by atoms with Crippen molar-refractivity contribution in [1.29, 1.82) is 0 Å². The van der Waals surface area contributed by atoms with Crippen molar-refractivity contribution >= 4 is 0 Å². The van der Waals surface area contributed by atoms with Gasteiger partial charge in [0.15, 0.2) is 0 Å². The molecule has 0 spiro atoms. The Hall–Kier alpha value is -1.80. The zero-order valence-electron chi connectivity index (χ0n) is 12.7. The third-order valence-corrected chi connectivity index (χ3v) is 3.40. The Balaban J connectivity index is 2.32. The monoisotopic (exact) mass is 269 g/mol. The molecule has 20 heavy (non-hydrogen) atoms. The zero-order valence-corrected chi connectivity index (χ0v) is 12.7. The van der Waals surface area contributed by atoms with Gasteiger partial charge in [-0.25, -0.2) is 0 Å². The molecule has 0 radical (unpaired) electrons. The molecule has 0 aliphatic rings. The van der Waals surface area contributed by atoms with Crippen LogP contribution in [0.2, 0.25) is 0 Å². The maximum atomic E-state index is 5.31. The predicted octanol–water partition coefficient (Wildman–Crippen LogP) is 4.17. The number of aryl methyl sites for hydroxylation is 1.